The minimum atomic E-state index is -0.815. The largest absolute Gasteiger partial charge is 0.481 e. The van der Waals surface area contributed by atoms with Crippen molar-refractivity contribution in [3.05, 3.63) is 30.1 Å². The third-order valence-electron chi connectivity index (χ3n) is 4.20. The highest BCUT2D eigenvalue weighted by atomic mass is 16.4. The zero-order valence-corrected chi connectivity index (χ0v) is 11.6. The third kappa shape index (κ3) is 3.15. The fourth-order valence-corrected chi connectivity index (χ4v) is 2.63. The van der Waals surface area contributed by atoms with Crippen molar-refractivity contribution in [3.63, 3.8) is 0 Å². The second kappa shape index (κ2) is 6.03. The van der Waals surface area contributed by atoms with Crippen LogP contribution in [-0.2, 0) is 4.79 Å². The van der Waals surface area contributed by atoms with E-state index in [2.05, 4.69) is 17.2 Å². The number of carbonyl (C=O) groups excluding carboxylic acids is 1. The summed E-state index contributed by atoms with van der Waals surface area (Å²) in [7, 11) is 0. The number of hydrogen-bond donors (Lipinski definition) is 2. The molecule has 5 heteroatoms. The van der Waals surface area contributed by atoms with E-state index in [0.29, 0.717) is 24.3 Å². The number of rotatable bonds is 4. The van der Waals surface area contributed by atoms with E-state index in [1.54, 1.807) is 18.3 Å². The molecule has 0 radical (unpaired) electrons. The molecule has 0 aromatic carbocycles. The van der Waals surface area contributed by atoms with Crippen LogP contribution in [-0.4, -0.2) is 28.5 Å². The summed E-state index contributed by atoms with van der Waals surface area (Å²) < 4.78 is 0. The number of aliphatic carboxylic acids is 1. The Bertz CT molecular complexity index is 479. The van der Waals surface area contributed by atoms with Crippen molar-refractivity contribution in [2.45, 2.75) is 32.6 Å². The maximum Gasteiger partial charge on any atom is 0.311 e. The van der Waals surface area contributed by atoms with Crippen molar-refractivity contribution < 1.29 is 14.7 Å². The first kappa shape index (κ1) is 14.5. The van der Waals surface area contributed by atoms with Crippen molar-refractivity contribution >= 4 is 11.9 Å². The van der Waals surface area contributed by atoms with Gasteiger partial charge in [-0.25, -0.2) is 0 Å². The summed E-state index contributed by atoms with van der Waals surface area (Å²) in [4.78, 5) is 27.4. The van der Waals surface area contributed by atoms with Gasteiger partial charge in [0, 0.05) is 18.9 Å². The number of pyridine rings is 1. The lowest BCUT2D eigenvalue weighted by Crippen LogP contribution is -2.45. The predicted octanol–water partition coefficient (Wildman–Crippen LogP) is 2.09. The summed E-state index contributed by atoms with van der Waals surface area (Å²) in [5, 5.41) is 12.2. The van der Waals surface area contributed by atoms with Gasteiger partial charge in [-0.2, -0.15) is 0 Å². The van der Waals surface area contributed by atoms with Crippen LogP contribution in [0.3, 0.4) is 0 Å². The second-order valence-corrected chi connectivity index (χ2v) is 5.69. The predicted molar refractivity (Wildman–Crippen MR) is 74.3 cm³/mol. The molecule has 20 heavy (non-hydrogen) atoms. The highest BCUT2D eigenvalue weighted by molar-refractivity contribution is 5.94. The van der Waals surface area contributed by atoms with E-state index >= 15 is 0 Å². The molecule has 0 unspecified atom stereocenters. The van der Waals surface area contributed by atoms with E-state index in [1.165, 1.54) is 6.20 Å². The van der Waals surface area contributed by atoms with Gasteiger partial charge in [0.15, 0.2) is 0 Å². The number of nitrogens with one attached hydrogen (secondary N) is 1. The van der Waals surface area contributed by atoms with Crippen molar-refractivity contribution in [2.24, 2.45) is 11.3 Å². The molecule has 1 aromatic heterocycles. The average molecular weight is 276 g/mol. The molecule has 2 rings (SSSR count). The van der Waals surface area contributed by atoms with E-state index in [4.69, 9.17) is 0 Å². The third-order valence-corrected chi connectivity index (χ3v) is 4.20. The van der Waals surface area contributed by atoms with Crippen LogP contribution in [0.1, 0.15) is 43.0 Å². The molecule has 0 atom stereocenters. The first-order valence-electron chi connectivity index (χ1n) is 6.95. The molecule has 1 amide bonds. The molecule has 0 bridgehead atoms. The van der Waals surface area contributed by atoms with Gasteiger partial charge in [0.05, 0.1) is 11.0 Å². The van der Waals surface area contributed by atoms with Crippen LogP contribution in [0, 0.1) is 11.3 Å². The van der Waals surface area contributed by atoms with Gasteiger partial charge in [0.2, 0.25) is 0 Å². The van der Waals surface area contributed by atoms with Crippen LogP contribution in [0.4, 0.5) is 0 Å². The summed E-state index contributed by atoms with van der Waals surface area (Å²) in [6.07, 6.45) is 6.11. The van der Waals surface area contributed by atoms with E-state index in [9.17, 15) is 14.7 Å². The van der Waals surface area contributed by atoms with Crippen LogP contribution in [0.25, 0.3) is 0 Å². The Morgan fingerprint density at radius 3 is 2.70 bits per heavy atom. The molecule has 5 nitrogen and oxygen atoms in total. The fraction of sp³-hybridized carbons (Fsp3) is 0.533. The van der Waals surface area contributed by atoms with E-state index in [1.807, 2.05) is 0 Å². The molecule has 1 saturated carbocycles. The quantitative estimate of drug-likeness (QED) is 0.882. The Balaban J connectivity index is 2.00. The van der Waals surface area contributed by atoms with Gasteiger partial charge in [-0.05, 0) is 43.7 Å². The minimum Gasteiger partial charge on any atom is -0.481 e. The van der Waals surface area contributed by atoms with Crippen LogP contribution >= 0.6 is 0 Å². The Morgan fingerprint density at radius 2 is 2.15 bits per heavy atom. The summed E-state index contributed by atoms with van der Waals surface area (Å²) in [6, 6.07) is 3.35. The number of aromatic nitrogens is 1. The molecule has 1 fully saturated rings. The van der Waals surface area contributed by atoms with Gasteiger partial charge in [0.25, 0.3) is 5.91 Å². The van der Waals surface area contributed by atoms with Crippen LogP contribution in [0.5, 0.6) is 0 Å². The smallest absolute Gasteiger partial charge is 0.311 e. The molecule has 0 aliphatic heterocycles. The zero-order valence-electron chi connectivity index (χ0n) is 11.6. The monoisotopic (exact) mass is 276 g/mol. The number of nitrogens with zero attached hydrogens (tertiary/aromatic N) is 1. The van der Waals surface area contributed by atoms with Crippen LogP contribution in [0.15, 0.2) is 24.5 Å². The first-order valence-corrected chi connectivity index (χ1v) is 6.95. The maximum atomic E-state index is 12.0. The second-order valence-electron chi connectivity index (χ2n) is 5.69. The molecule has 1 aliphatic carbocycles. The molecule has 0 saturated heterocycles. The summed E-state index contributed by atoms with van der Waals surface area (Å²) >= 11 is 0. The zero-order chi connectivity index (χ0) is 14.6. The molecule has 2 N–H and O–H groups in total. The molecule has 1 heterocycles. The van der Waals surface area contributed by atoms with Gasteiger partial charge in [-0.15, -0.1) is 0 Å². The number of carboxylic acids is 1. The van der Waals surface area contributed by atoms with Crippen LogP contribution < -0.4 is 5.32 Å². The highest BCUT2D eigenvalue weighted by Crippen LogP contribution is 2.38. The average Bonchev–Trinajstić information content (AvgIpc) is 2.47. The Labute approximate surface area is 118 Å². The van der Waals surface area contributed by atoms with E-state index in [0.717, 1.165) is 12.8 Å². The maximum absolute atomic E-state index is 12.0. The van der Waals surface area contributed by atoms with E-state index < -0.39 is 11.4 Å². The molecule has 0 spiro atoms. The number of carboxylic acid groups (broad SMARTS) is 1. The van der Waals surface area contributed by atoms with Crippen molar-refractivity contribution in [1.82, 2.24) is 10.3 Å². The normalized spacial score (nSPS) is 25.9. The lowest BCUT2D eigenvalue weighted by molar-refractivity contribution is -0.151. The Morgan fingerprint density at radius 1 is 1.45 bits per heavy atom. The standard InChI is InChI=1S/C15H20N2O3/c1-11-4-6-15(7-5-11,14(19)20)10-17-13(18)12-3-2-8-16-9-12/h2-3,8-9,11H,4-7,10H2,1H3,(H,17,18)(H,19,20). The Hall–Kier alpha value is -1.91. The molecule has 1 aliphatic rings. The number of amides is 1. The highest BCUT2D eigenvalue weighted by Gasteiger charge is 2.41. The van der Waals surface area contributed by atoms with Crippen molar-refractivity contribution in [2.75, 3.05) is 6.54 Å². The lowest BCUT2D eigenvalue weighted by atomic mass is 9.71. The minimum absolute atomic E-state index is 0.183. The van der Waals surface area contributed by atoms with E-state index in [-0.39, 0.29) is 12.5 Å². The topological polar surface area (TPSA) is 79.3 Å². The first-order chi connectivity index (χ1) is 9.53. The summed E-state index contributed by atoms with van der Waals surface area (Å²) in [5.41, 5.74) is -0.359. The molecular formula is C15H20N2O3. The van der Waals surface area contributed by atoms with Gasteiger partial charge in [-0.1, -0.05) is 6.92 Å². The van der Waals surface area contributed by atoms with Gasteiger partial charge >= 0.3 is 5.97 Å². The van der Waals surface area contributed by atoms with Gasteiger partial charge in [-0.3, -0.25) is 14.6 Å². The molecular weight excluding hydrogens is 256 g/mol. The Kier molecular flexibility index (Phi) is 4.37. The van der Waals surface area contributed by atoms with Crippen molar-refractivity contribution in [1.29, 1.82) is 0 Å². The van der Waals surface area contributed by atoms with Gasteiger partial charge < -0.3 is 10.4 Å². The summed E-state index contributed by atoms with van der Waals surface area (Å²) in [6.45, 7) is 2.32. The SMILES string of the molecule is CC1CCC(CNC(=O)c2cccnc2)(C(=O)O)CC1. The van der Waals surface area contributed by atoms with Gasteiger partial charge in [0.1, 0.15) is 0 Å². The number of hydrogen-bond acceptors (Lipinski definition) is 3. The summed E-state index contributed by atoms with van der Waals surface area (Å²) in [5.74, 6) is -0.510. The number of carbonyl (C=O) groups is 2. The molecule has 1 aromatic rings. The molecule has 108 valence electrons. The van der Waals surface area contributed by atoms with Crippen LogP contribution in [0.2, 0.25) is 0 Å². The lowest BCUT2D eigenvalue weighted by Gasteiger charge is -2.35. The fourth-order valence-electron chi connectivity index (χ4n) is 2.63. The van der Waals surface area contributed by atoms with Crippen molar-refractivity contribution in [3.8, 4) is 0 Å².